The van der Waals surface area contributed by atoms with Crippen LogP contribution in [-0.4, -0.2) is 42.1 Å². The number of nitrogens with two attached hydrogens (primary N) is 1. The molecule has 6 nitrogen and oxygen atoms in total. The molecule has 22 heavy (non-hydrogen) atoms. The highest BCUT2D eigenvalue weighted by Gasteiger charge is 2.48. The summed E-state index contributed by atoms with van der Waals surface area (Å²) in [5, 5.41) is 2.97. The number of benzene rings is 1. The number of hydrogen-bond donors (Lipinski definition) is 2. The molecule has 3 N–H and O–H groups in total. The molecule has 1 aromatic carbocycles. The molecule has 0 saturated carbocycles. The van der Waals surface area contributed by atoms with Crippen molar-refractivity contribution in [2.45, 2.75) is 38.1 Å². The zero-order valence-electron chi connectivity index (χ0n) is 13.0. The van der Waals surface area contributed by atoms with Crippen molar-refractivity contribution in [1.82, 2.24) is 10.2 Å². The van der Waals surface area contributed by atoms with E-state index in [1.807, 2.05) is 37.3 Å². The van der Waals surface area contributed by atoms with Gasteiger partial charge < -0.3 is 9.64 Å². The van der Waals surface area contributed by atoms with E-state index in [0.29, 0.717) is 6.54 Å². The van der Waals surface area contributed by atoms with Crippen LogP contribution in [0, 0.1) is 0 Å². The second-order valence-electron chi connectivity index (χ2n) is 5.63. The van der Waals surface area contributed by atoms with E-state index in [1.165, 1.54) is 4.90 Å². The summed E-state index contributed by atoms with van der Waals surface area (Å²) in [7, 11) is 1.65. The third-order valence-electron chi connectivity index (χ3n) is 3.96. The van der Waals surface area contributed by atoms with Crippen LogP contribution in [0.25, 0.3) is 0 Å². The van der Waals surface area contributed by atoms with E-state index in [4.69, 9.17) is 10.5 Å². The number of carbonyl (C=O) groups is 2. The quantitative estimate of drug-likeness (QED) is 0.629. The molecule has 120 valence electrons. The lowest BCUT2D eigenvalue weighted by Gasteiger charge is -2.29. The molecule has 2 rings (SSSR count). The standard InChI is InChI=1S/C16H23N3O3/c1-3-13-9-10-19(2)14(20)16(17,18-13)15(21)22-11-12-7-5-4-6-8-12/h4-8,13,18H,3,9-11,17H2,1-2H3/t13?,16-/m0/s1. The molecule has 1 fully saturated rings. The number of nitrogens with one attached hydrogen (secondary N) is 1. The van der Waals surface area contributed by atoms with Gasteiger partial charge in [0.25, 0.3) is 5.91 Å². The van der Waals surface area contributed by atoms with Crippen molar-refractivity contribution in [3.8, 4) is 0 Å². The molecule has 2 atom stereocenters. The van der Waals surface area contributed by atoms with Gasteiger partial charge in [-0.2, -0.15) is 0 Å². The number of esters is 1. The van der Waals surface area contributed by atoms with Crippen LogP contribution >= 0.6 is 0 Å². The van der Waals surface area contributed by atoms with Gasteiger partial charge in [0.1, 0.15) is 6.61 Å². The maximum atomic E-state index is 12.4. The van der Waals surface area contributed by atoms with Crippen molar-refractivity contribution < 1.29 is 14.3 Å². The highest BCUT2D eigenvalue weighted by molar-refractivity contribution is 6.06. The van der Waals surface area contributed by atoms with Gasteiger partial charge in [-0.15, -0.1) is 0 Å². The summed E-state index contributed by atoms with van der Waals surface area (Å²) < 4.78 is 5.26. The summed E-state index contributed by atoms with van der Waals surface area (Å²) in [4.78, 5) is 26.3. The normalized spacial score (nSPS) is 25.7. The fourth-order valence-electron chi connectivity index (χ4n) is 2.50. The van der Waals surface area contributed by atoms with Gasteiger partial charge in [0, 0.05) is 19.6 Å². The van der Waals surface area contributed by atoms with Crippen molar-refractivity contribution in [2.24, 2.45) is 5.73 Å². The van der Waals surface area contributed by atoms with Crippen molar-refractivity contribution in [3.63, 3.8) is 0 Å². The zero-order chi connectivity index (χ0) is 16.2. The van der Waals surface area contributed by atoms with Crippen molar-refractivity contribution in [2.75, 3.05) is 13.6 Å². The lowest BCUT2D eigenvalue weighted by Crippen LogP contribution is -2.69. The topological polar surface area (TPSA) is 84.7 Å². The first-order valence-corrected chi connectivity index (χ1v) is 7.50. The van der Waals surface area contributed by atoms with Crippen LogP contribution in [0.1, 0.15) is 25.3 Å². The number of rotatable bonds is 4. The Morgan fingerprint density at radius 1 is 1.45 bits per heavy atom. The molecule has 0 bridgehead atoms. The molecule has 0 aliphatic carbocycles. The predicted molar refractivity (Wildman–Crippen MR) is 82.6 cm³/mol. The van der Waals surface area contributed by atoms with Crippen LogP contribution in [0.4, 0.5) is 0 Å². The first-order valence-electron chi connectivity index (χ1n) is 7.50. The monoisotopic (exact) mass is 305 g/mol. The summed E-state index contributed by atoms with van der Waals surface area (Å²) >= 11 is 0. The Kier molecular flexibility index (Phi) is 5.15. The van der Waals surface area contributed by atoms with E-state index < -0.39 is 17.5 Å². The van der Waals surface area contributed by atoms with Gasteiger partial charge in [0.2, 0.25) is 5.66 Å². The molecular weight excluding hydrogens is 282 g/mol. The smallest absolute Gasteiger partial charge is 0.351 e. The minimum absolute atomic E-state index is 0.00294. The average Bonchev–Trinajstić information content (AvgIpc) is 2.66. The first-order chi connectivity index (χ1) is 10.5. The van der Waals surface area contributed by atoms with E-state index >= 15 is 0 Å². The Balaban J connectivity index is 2.11. The van der Waals surface area contributed by atoms with Gasteiger partial charge in [-0.3, -0.25) is 15.8 Å². The maximum absolute atomic E-state index is 12.4. The Bertz CT molecular complexity index is 535. The SMILES string of the molecule is CCC1CCN(C)C(=O)[C@@](N)(C(=O)OCc2ccccc2)N1. The Morgan fingerprint density at radius 2 is 2.14 bits per heavy atom. The second kappa shape index (κ2) is 6.89. The highest BCUT2D eigenvalue weighted by atomic mass is 16.5. The molecule has 1 saturated heterocycles. The van der Waals surface area contributed by atoms with Crippen LogP contribution in [0.15, 0.2) is 30.3 Å². The van der Waals surface area contributed by atoms with E-state index in [9.17, 15) is 9.59 Å². The van der Waals surface area contributed by atoms with Gasteiger partial charge >= 0.3 is 5.97 Å². The van der Waals surface area contributed by atoms with Crippen molar-refractivity contribution in [3.05, 3.63) is 35.9 Å². The molecule has 6 heteroatoms. The second-order valence-corrected chi connectivity index (χ2v) is 5.63. The molecule has 0 aromatic heterocycles. The number of ether oxygens (including phenoxy) is 1. The summed E-state index contributed by atoms with van der Waals surface area (Å²) in [5.74, 6) is -1.20. The number of carbonyl (C=O) groups excluding carboxylic acids is 2. The fourth-order valence-corrected chi connectivity index (χ4v) is 2.50. The molecule has 1 amide bonds. The molecule has 1 unspecified atom stereocenters. The lowest BCUT2D eigenvalue weighted by molar-refractivity contribution is -0.160. The highest BCUT2D eigenvalue weighted by Crippen LogP contribution is 2.15. The number of likely N-dealkylation sites (N-methyl/N-ethyl adjacent to an activating group) is 1. The maximum Gasteiger partial charge on any atom is 0.351 e. The van der Waals surface area contributed by atoms with Gasteiger partial charge in [0.05, 0.1) is 0 Å². The van der Waals surface area contributed by atoms with Crippen molar-refractivity contribution >= 4 is 11.9 Å². The minimum atomic E-state index is -1.82. The number of hydrogen-bond acceptors (Lipinski definition) is 5. The Labute approximate surface area is 130 Å². The molecule has 1 aliphatic heterocycles. The van der Waals surface area contributed by atoms with Crippen LogP contribution < -0.4 is 11.1 Å². The average molecular weight is 305 g/mol. The Morgan fingerprint density at radius 3 is 2.77 bits per heavy atom. The largest absolute Gasteiger partial charge is 0.458 e. The summed E-state index contributed by atoms with van der Waals surface area (Å²) in [6.45, 7) is 2.65. The van der Waals surface area contributed by atoms with E-state index in [0.717, 1.165) is 18.4 Å². The summed E-state index contributed by atoms with van der Waals surface area (Å²) in [6, 6.07) is 9.30. The Hall–Kier alpha value is -1.92. The van der Waals surface area contributed by atoms with Crippen LogP contribution in [0.3, 0.4) is 0 Å². The van der Waals surface area contributed by atoms with Gasteiger partial charge in [-0.05, 0) is 18.4 Å². The van der Waals surface area contributed by atoms with E-state index in [1.54, 1.807) is 7.05 Å². The zero-order valence-corrected chi connectivity index (χ0v) is 13.0. The lowest BCUT2D eigenvalue weighted by atomic mass is 10.1. The van der Waals surface area contributed by atoms with E-state index in [2.05, 4.69) is 5.32 Å². The van der Waals surface area contributed by atoms with Crippen molar-refractivity contribution in [1.29, 1.82) is 0 Å². The molecule has 0 radical (unpaired) electrons. The minimum Gasteiger partial charge on any atom is -0.458 e. The number of amides is 1. The molecule has 1 aromatic rings. The summed E-state index contributed by atoms with van der Waals surface area (Å²) in [5.41, 5.74) is 5.12. The third-order valence-corrected chi connectivity index (χ3v) is 3.96. The predicted octanol–water partition coefficient (Wildman–Crippen LogP) is 0.615. The molecule has 1 heterocycles. The molecular formula is C16H23N3O3. The summed E-state index contributed by atoms with van der Waals surface area (Å²) in [6.07, 6.45) is 1.54. The third kappa shape index (κ3) is 3.45. The van der Waals surface area contributed by atoms with Gasteiger partial charge in [0.15, 0.2) is 0 Å². The fraction of sp³-hybridized carbons (Fsp3) is 0.500. The van der Waals surface area contributed by atoms with Crippen LogP contribution in [0.2, 0.25) is 0 Å². The number of nitrogens with zero attached hydrogens (tertiary/aromatic N) is 1. The van der Waals surface area contributed by atoms with Crippen LogP contribution in [-0.2, 0) is 20.9 Å². The first kappa shape index (κ1) is 16.5. The van der Waals surface area contributed by atoms with Gasteiger partial charge in [-0.1, -0.05) is 37.3 Å². The van der Waals surface area contributed by atoms with E-state index in [-0.39, 0.29) is 12.6 Å². The molecule has 0 spiro atoms. The van der Waals surface area contributed by atoms with Gasteiger partial charge in [-0.25, -0.2) is 4.79 Å². The molecule has 1 aliphatic rings. The van der Waals surface area contributed by atoms with Crippen LogP contribution in [0.5, 0.6) is 0 Å².